The molecular weight excluding hydrogens is 290 g/mol. The Morgan fingerprint density at radius 2 is 1.87 bits per heavy atom. The molecule has 0 fully saturated rings. The maximum atomic E-state index is 12.0. The van der Waals surface area contributed by atoms with Crippen molar-refractivity contribution in [1.29, 1.82) is 0 Å². The van der Waals surface area contributed by atoms with Gasteiger partial charge in [0.2, 0.25) is 5.88 Å². The zero-order valence-corrected chi connectivity index (χ0v) is 12.5. The number of fused-ring (bicyclic) bond motifs is 1. The smallest absolute Gasteiger partial charge is 0.238 e. The third-order valence-electron chi connectivity index (χ3n) is 3.51. The van der Waals surface area contributed by atoms with E-state index in [0.29, 0.717) is 11.1 Å². The van der Waals surface area contributed by atoms with E-state index in [-0.39, 0.29) is 11.7 Å². The molecule has 0 atom stereocenters. The van der Waals surface area contributed by atoms with Gasteiger partial charge in [-0.3, -0.25) is 4.79 Å². The average molecular weight is 305 g/mol. The Balaban J connectivity index is 1.87. The van der Waals surface area contributed by atoms with E-state index in [1.807, 2.05) is 36.2 Å². The molecule has 23 heavy (non-hydrogen) atoms. The number of aliphatic hydroxyl groups excluding tert-OH is 1. The van der Waals surface area contributed by atoms with E-state index < -0.39 is 0 Å². The van der Waals surface area contributed by atoms with Crippen molar-refractivity contribution in [3.05, 3.63) is 83.7 Å². The molecule has 0 radical (unpaired) electrons. The van der Waals surface area contributed by atoms with Crippen LogP contribution < -0.4 is 0 Å². The summed E-state index contributed by atoms with van der Waals surface area (Å²) in [5.41, 5.74) is 2.78. The lowest BCUT2D eigenvalue weighted by atomic mass is 9.92. The molecule has 1 aliphatic carbocycles. The van der Waals surface area contributed by atoms with E-state index in [0.717, 1.165) is 11.1 Å². The summed E-state index contributed by atoms with van der Waals surface area (Å²) in [4.78, 5) is 13.9. The van der Waals surface area contributed by atoms with Crippen LogP contribution in [0.3, 0.4) is 0 Å². The number of carbonyl (C=O) groups is 1. The Labute approximate surface area is 134 Å². The number of azo groups is 1. The summed E-state index contributed by atoms with van der Waals surface area (Å²) in [7, 11) is 1.88. The first-order chi connectivity index (χ1) is 11.1. The van der Waals surface area contributed by atoms with Gasteiger partial charge in [0.05, 0.1) is 6.20 Å². The topological polar surface area (TPSA) is 65.3 Å². The van der Waals surface area contributed by atoms with Crippen molar-refractivity contribution >= 4 is 17.4 Å². The van der Waals surface area contributed by atoms with Gasteiger partial charge in [-0.15, -0.1) is 5.11 Å². The molecule has 1 aliphatic heterocycles. The van der Waals surface area contributed by atoms with Crippen LogP contribution in [0.4, 0.5) is 0 Å². The highest BCUT2D eigenvalue weighted by Crippen LogP contribution is 2.26. The number of hydrogen-bond acceptors (Lipinski definition) is 5. The number of nitrogens with zero attached hydrogens (tertiary/aromatic N) is 3. The number of benzene rings is 1. The molecule has 0 saturated carbocycles. The fourth-order valence-corrected chi connectivity index (χ4v) is 2.26. The van der Waals surface area contributed by atoms with Crippen molar-refractivity contribution < 1.29 is 9.90 Å². The van der Waals surface area contributed by atoms with Crippen LogP contribution in [0.15, 0.2) is 82.8 Å². The number of rotatable bonds is 2. The van der Waals surface area contributed by atoms with Gasteiger partial charge in [-0.25, -0.2) is 0 Å². The molecule has 1 N–H and O–H groups in total. The zero-order chi connectivity index (χ0) is 16.2. The quantitative estimate of drug-likeness (QED) is 0.513. The van der Waals surface area contributed by atoms with Crippen LogP contribution in [0.5, 0.6) is 0 Å². The second-order valence-corrected chi connectivity index (χ2v) is 5.12. The molecule has 2 aliphatic rings. The molecule has 5 nitrogen and oxygen atoms in total. The SMILES string of the molecule is CN1C=CC(=C(O)N=N/C=C2/C(=O)C=Cc3ccccc32)C=C1. The third-order valence-corrected chi connectivity index (χ3v) is 3.51. The van der Waals surface area contributed by atoms with Gasteiger partial charge in [0.1, 0.15) is 0 Å². The van der Waals surface area contributed by atoms with Gasteiger partial charge in [-0.05, 0) is 29.4 Å². The summed E-state index contributed by atoms with van der Waals surface area (Å²) in [5.74, 6) is -0.330. The normalized spacial score (nSPS) is 18.1. The molecule has 0 spiro atoms. The Bertz CT molecular complexity index is 810. The predicted octanol–water partition coefficient (Wildman–Crippen LogP) is 3.82. The number of hydrogen-bond donors (Lipinski definition) is 1. The number of carbonyl (C=O) groups excluding carboxylic acids is 1. The molecule has 0 bridgehead atoms. The number of aliphatic hydroxyl groups is 1. The maximum absolute atomic E-state index is 12.0. The van der Waals surface area contributed by atoms with E-state index >= 15 is 0 Å². The molecule has 0 aromatic heterocycles. The van der Waals surface area contributed by atoms with Gasteiger partial charge in [0.25, 0.3) is 0 Å². The number of allylic oxidation sites excluding steroid dienone is 5. The molecule has 0 amide bonds. The minimum absolute atomic E-state index is 0.131. The van der Waals surface area contributed by atoms with Crippen LogP contribution in [0.1, 0.15) is 11.1 Å². The van der Waals surface area contributed by atoms with E-state index in [2.05, 4.69) is 10.2 Å². The lowest BCUT2D eigenvalue weighted by molar-refractivity contribution is -0.109. The van der Waals surface area contributed by atoms with Crippen LogP contribution in [0, 0.1) is 0 Å². The van der Waals surface area contributed by atoms with Crippen LogP contribution in [-0.2, 0) is 4.79 Å². The molecule has 1 aromatic rings. The Kier molecular flexibility index (Phi) is 4.01. The van der Waals surface area contributed by atoms with E-state index in [1.165, 1.54) is 12.3 Å². The largest absolute Gasteiger partial charge is 0.492 e. The van der Waals surface area contributed by atoms with Crippen molar-refractivity contribution in [2.75, 3.05) is 7.05 Å². The van der Waals surface area contributed by atoms with Crippen molar-refractivity contribution in [1.82, 2.24) is 4.90 Å². The minimum Gasteiger partial charge on any atom is -0.492 e. The highest BCUT2D eigenvalue weighted by atomic mass is 16.3. The monoisotopic (exact) mass is 305 g/mol. The highest BCUT2D eigenvalue weighted by Gasteiger charge is 2.16. The molecule has 1 heterocycles. The van der Waals surface area contributed by atoms with Crippen molar-refractivity contribution in [2.24, 2.45) is 10.2 Å². The summed E-state index contributed by atoms with van der Waals surface area (Å²) in [6.45, 7) is 0. The summed E-state index contributed by atoms with van der Waals surface area (Å²) in [5, 5.41) is 17.5. The molecule has 0 unspecified atom stereocenters. The van der Waals surface area contributed by atoms with Crippen molar-refractivity contribution in [3.8, 4) is 0 Å². The van der Waals surface area contributed by atoms with Crippen LogP contribution in [0.2, 0.25) is 0 Å². The van der Waals surface area contributed by atoms with Gasteiger partial charge >= 0.3 is 0 Å². The number of ketones is 1. The minimum atomic E-state index is -0.200. The summed E-state index contributed by atoms with van der Waals surface area (Å²) >= 11 is 0. The molecule has 3 rings (SSSR count). The molecular formula is C18H15N3O2. The Morgan fingerprint density at radius 1 is 1.13 bits per heavy atom. The second kappa shape index (κ2) is 6.27. The van der Waals surface area contributed by atoms with E-state index in [1.54, 1.807) is 30.6 Å². The van der Waals surface area contributed by atoms with E-state index in [4.69, 9.17) is 0 Å². The lowest BCUT2D eigenvalue weighted by Gasteiger charge is -2.12. The first-order valence-electron chi connectivity index (χ1n) is 7.09. The summed E-state index contributed by atoms with van der Waals surface area (Å²) in [6.07, 6.45) is 11.7. The second-order valence-electron chi connectivity index (χ2n) is 5.12. The molecule has 0 saturated heterocycles. The maximum Gasteiger partial charge on any atom is 0.238 e. The fraction of sp³-hybridized carbons (Fsp3) is 0.0556. The van der Waals surface area contributed by atoms with Crippen molar-refractivity contribution in [2.45, 2.75) is 0 Å². The van der Waals surface area contributed by atoms with Gasteiger partial charge in [0, 0.05) is 30.6 Å². The fourth-order valence-electron chi connectivity index (χ4n) is 2.26. The third kappa shape index (κ3) is 3.18. The van der Waals surface area contributed by atoms with E-state index in [9.17, 15) is 9.90 Å². The lowest BCUT2D eigenvalue weighted by Crippen LogP contribution is -2.04. The molecule has 5 heteroatoms. The zero-order valence-electron chi connectivity index (χ0n) is 12.5. The van der Waals surface area contributed by atoms with Crippen LogP contribution in [-0.4, -0.2) is 22.8 Å². The summed E-state index contributed by atoms with van der Waals surface area (Å²) in [6, 6.07) is 7.56. The van der Waals surface area contributed by atoms with Gasteiger partial charge in [-0.2, -0.15) is 5.11 Å². The van der Waals surface area contributed by atoms with Gasteiger partial charge < -0.3 is 10.0 Å². The average Bonchev–Trinajstić information content (AvgIpc) is 2.57. The standard InChI is InChI=1S/C18H15N3O2/c1-21-10-8-14(9-11-21)18(23)20-19-12-16-15-5-3-2-4-13(15)6-7-17(16)22/h2-12,23H,1H3/b16-12+,20-19?. The predicted molar refractivity (Wildman–Crippen MR) is 89.0 cm³/mol. The van der Waals surface area contributed by atoms with Crippen LogP contribution >= 0.6 is 0 Å². The molecule has 114 valence electrons. The highest BCUT2D eigenvalue weighted by molar-refractivity contribution is 6.29. The van der Waals surface area contributed by atoms with Gasteiger partial charge in [-0.1, -0.05) is 30.3 Å². The van der Waals surface area contributed by atoms with Crippen LogP contribution in [0.25, 0.3) is 11.6 Å². The van der Waals surface area contributed by atoms with Crippen molar-refractivity contribution in [3.63, 3.8) is 0 Å². The first-order valence-corrected chi connectivity index (χ1v) is 7.09. The molecule has 1 aromatic carbocycles. The Hall–Kier alpha value is -3.21. The Morgan fingerprint density at radius 3 is 2.65 bits per heavy atom. The first kappa shape index (κ1) is 14.7. The summed E-state index contributed by atoms with van der Waals surface area (Å²) < 4.78 is 0. The van der Waals surface area contributed by atoms with Gasteiger partial charge in [0.15, 0.2) is 5.78 Å².